The second-order valence-corrected chi connectivity index (χ2v) is 5.64. The molecule has 130 valence electrons. The van der Waals surface area contributed by atoms with Gasteiger partial charge in [-0.05, 0) is 30.5 Å². The van der Waals surface area contributed by atoms with Crippen molar-refractivity contribution < 1.29 is 19.1 Å². The van der Waals surface area contributed by atoms with Crippen LogP contribution in [0.1, 0.15) is 44.3 Å². The third kappa shape index (κ3) is 4.12. The number of aryl methyl sites for hydroxylation is 2. The number of nitrogens with one attached hydrogen (secondary N) is 1. The standard InChI is InChI=1S/C20H21NO4/c1-4-14-8-9-18(13(2)10-14)25-12-17-15(11-22)6-5-7-16(17)19(23)20(24)21-3/h5-11H,4,12H2,1-3H3,(H,21,24). The number of rotatable bonds is 7. The topological polar surface area (TPSA) is 72.5 Å². The Balaban J connectivity index is 2.33. The van der Waals surface area contributed by atoms with Crippen LogP contribution >= 0.6 is 0 Å². The lowest BCUT2D eigenvalue weighted by atomic mass is 9.98. The highest BCUT2D eigenvalue weighted by atomic mass is 16.5. The molecule has 0 aliphatic rings. The Morgan fingerprint density at radius 3 is 2.56 bits per heavy atom. The van der Waals surface area contributed by atoms with Gasteiger partial charge >= 0.3 is 0 Å². The lowest BCUT2D eigenvalue weighted by molar-refractivity contribution is -0.116. The van der Waals surface area contributed by atoms with Crippen LogP contribution in [-0.2, 0) is 17.8 Å². The molecule has 2 aromatic carbocycles. The highest BCUT2D eigenvalue weighted by molar-refractivity contribution is 6.43. The van der Waals surface area contributed by atoms with E-state index in [4.69, 9.17) is 4.74 Å². The molecule has 0 fully saturated rings. The molecular weight excluding hydrogens is 318 g/mol. The molecule has 0 aliphatic heterocycles. The van der Waals surface area contributed by atoms with E-state index < -0.39 is 11.7 Å². The Kier molecular flexibility index (Phi) is 6.06. The van der Waals surface area contributed by atoms with E-state index in [9.17, 15) is 14.4 Å². The van der Waals surface area contributed by atoms with Gasteiger partial charge in [0.25, 0.3) is 11.7 Å². The summed E-state index contributed by atoms with van der Waals surface area (Å²) in [4.78, 5) is 35.3. The van der Waals surface area contributed by atoms with E-state index in [2.05, 4.69) is 12.2 Å². The van der Waals surface area contributed by atoms with Crippen LogP contribution in [0.25, 0.3) is 0 Å². The molecule has 0 aromatic heterocycles. The average Bonchev–Trinajstić information content (AvgIpc) is 2.65. The second kappa shape index (κ2) is 8.24. The predicted octanol–water partition coefficient (Wildman–Crippen LogP) is 2.88. The van der Waals surface area contributed by atoms with Crippen molar-refractivity contribution in [3.8, 4) is 5.75 Å². The van der Waals surface area contributed by atoms with Crippen molar-refractivity contribution in [2.75, 3.05) is 7.05 Å². The lowest BCUT2D eigenvalue weighted by Crippen LogP contribution is -2.28. The maximum atomic E-state index is 12.2. The Hall–Kier alpha value is -2.95. The van der Waals surface area contributed by atoms with Gasteiger partial charge in [-0.2, -0.15) is 0 Å². The highest BCUT2D eigenvalue weighted by Crippen LogP contribution is 2.23. The molecule has 0 atom stereocenters. The molecule has 25 heavy (non-hydrogen) atoms. The monoisotopic (exact) mass is 339 g/mol. The number of likely N-dealkylation sites (N-methyl/N-ethyl adjacent to an activating group) is 1. The van der Waals surface area contributed by atoms with E-state index in [-0.39, 0.29) is 12.2 Å². The number of Topliss-reactive ketones (excluding diaryl/α,β-unsaturated/α-hetero) is 1. The van der Waals surface area contributed by atoms with Gasteiger partial charge in [0.1, 0.15) is 18.6 Å². The van der Waals surface area contributed by atoms with Crippen LogP contribution in [0.15, 0.2) is 36.4 Å². The number of carbonyl (C=O) groups excluding carboxylic acids is 3. The maximum Gasteiger partial charge on any atom is 0.292 e. The molecule has 0 bridgehead atoms. The third-order valence-electron chi connectivity index (χ3n) is 4.04. The van der Waals surface area contributed by atoms with Crippen molar-refractivity contribution in [2.24, 2.45) is 0 Å². The van der Waals surface area contributed by atoms with Gasteiger partial charge in [0.05, 0.1) is 0 Å². The molecule has 1 amide bonds. The number of aldehydes is 1. The molecule has 1 N–H and O–H groups in total. The van der Waals surface area contributed by atoms with Crippen molar-refractivity contribution in [3.05, 3.63) is 64.2 Å². The van der Waals surface area contributed by atoms with Gasteiger partial charge in [-0.25, -0.2) is 0 Å². The number of benzene rings is 2. The zero-order chi connectivity index (χ0) is 18.4. The van der Waals surface area contributed by atoms with Crippen LogP contribution in [-0.4, -0.2) is 25.0 Å². The quantitative estimate of drug-likeness (QED) is 0.478. The lowest BCUT2D eigenvalue weighted by Gasteiger charge is -2.14. The third-order valence-corrected chi connectivity index (χ3v) is 4.04. The predicted molar refractivity (Wildman–Crippen MR) is 95.1 cm³/mol. The first kappa shape index (κ1) is 18.4. The summed E-state index contributed by atoms with van der Waals surface area (Å²) >= 11 is 0. The molecule has 5 heteroatoms. The van der Waals surface area contributed by atoms with E-state index in [0.29, 0.717) is 23.2 Å². The molecule has 2 aromatic rings. The van der Waals surface area contributed by atoms with E-state index in [1.165, 1.54) is 18.7 Å². The minimum Gasteiger partial charge on any atom is -0.489 e. The Labute approximate surface area is 147 Å². The van der Waals surface area contributed by atoms with Gasteiger partial charge in [0, 0.05) is 23.7 Å². The largest absolute Gasteiger partial charge is 0.489 e. The fourth-order valence-electron chi connectivity index (χ4n) is 2.57. The number of amides is 1. The molecule has 0 radical (unpaired) electrons. The average molecular weight is 339 g/mol. The summed E-state index contributed by atoms with van der Waals surface area (Å²) in [6.07, 6.45) is 1.59. The summed E-state index contributed by atoms with van der Waals surface area (Å²) in [6, 6.07) is 10.6. The highest BCUT2D eigenvalue weighted by Gasteiger charge is 2.20. The molecule has 2 rings (SSSR count). The first-order chi connectivity index (χ1) is 12.0. The van der Waals surface area contributed by atoms with E-state index >= 15 is 0 Å². The molecule has 0 spiro atoms. The van der Waals surface area contributed by atoms with Crippen molar-refractivity contribution in [1.82, 2.24) is 5.32 Å². The summed E-state index contributed by atoms with van der Waals surface area (Å²) in [5.41, 5.74) is 3.09. The number of ketones is 1. The van der Waals surface area contributed by atoms with Crippen LogP contribution in [0.5, 0.6) is 5.75 Å². The van der Waals surface area contributed by atoms with Gasteiger partial charge in [0.2, 0.25) is 0 Å². The molecule has 0 saturated carbocycles. The first-order valence-electron chi connectivity index (χ1n) is 8.07. The number of hydrogen-bond acceptors (Lipinski definition) is 4. The van der Waals surface area contributed by atoms with Crippen molar-refractivity contribution in [2.45, 2.75) is 26.9 Å². The number of ether oxygens (including phenoxy) is 1. The van der Waals surface area contributed by atoms with Crippen molar-refractivity contribution in [1.29, 1.82) is 0 Å². The summed E-state index contributed by atoms with van der Waals surface area (Å²) in [6.45, 7) is 4.04. The normalized spacial score (nSPS) is 10.2. The van der Waals surface area contributed by atoms with Gasteiger partial charge in [0.15, 0.2) is 0 Å². The Morgan fingerprint density at radius 2 is 1.96 bits per heavy atom. The summed E-state index contributed by atoms with van der Waals surface area (Å²) in [5.74, 6) is -0.744. The van der Waals surface area contributed by atoms with Gasteiger partial charge in [-0.3, -0.25) is 14.4 Å². The van der Waals surface area contributed by atoms with Gasteiger partial charge < -0.3 is 10.1 Å². The summed E-state index contributed by atoms with van der Waals surface area (Å²) < 4.78 is 5.83. The molecule has 0 heterocycles. The smallest absolute Gasteiger partial charge is 0.292 e. The molecular formula is C20H21NO4. The van der Waals surface area contributed by atoms with Crippen molar-refractivity contribution in [3.63, 3.8) is 0 Å². The molecule has 0 aliphatic carbocycles. The first-order valence-corrected chi connectivity index (χ1v) is 8.07. The summed E-state index contributed by atoms with van der Waals surface area (Å²) in [7, 11) is 1.39. The molecule has 5 nitrogen and oxygen atoms in total. The minimum atomic E-state index is -0.729. The van der Waals surface area contributed by atoms with Gasteiger partial charge in [-0.1, -0.05) is 37.3 Å². The zero-order valence-corrected chi connectivity index (χ0v) is 14.6. The second-order valence-electron chi connectivity index (χ2n) is 5.64. The maximum absolute atomic E-state index is 12.2. The van der Waals surface area contributed by atoms with Crippen LogP contribution in [0.3, 0.4) is 0 Å². The Morgan fingerprint density at radius 1 is 1.20 bits per heavy atom. The fraction of sp³-hybridized carbons (Fsp3) is 0.250. The number of hydrogen-bond donors (Lipinski definition) is 1. The van der Waals surface area contributed by atoms with Crippen LogP contribution in [0.4, 0.5) is 0 Å². The SMILES string of the molecule is CCc1ccc(OCc2c(C=O)cccc2C(=O)C(=O)NC)c(C)c1. The fourth-order valence-corrected chi connectivity index (χ4v) is 2.57. The van der Waals surface area contributed by atoms with Crippen LogP contribution in [0.2, 0.25) is 0 Å². The van der Waals surface area contributed by atoms with E-state index in [1.807, 2.05) is 25.1 Å². The summed E-state index contributed by atoms with van der Waals surface area (Å²) in [5, 5.41) is 2.31. The Bertz CT molecular complexity index is 811. The number of carbonyl (C=O) groups is 3. The van der Waals surface area contributed by atoms with Gasteiger partial charge in [-0.15, -0.1) is 0 Å². The zero-order valence-electron chi connectivity index (χ0n) is 14.6. The molecule has 0 saturated heterocycles. The molecule has 0 unspecified atom stereocenters. The van der Waals surface area contributed by atoms with Crippen LogP contribution < -0.4 is 10.1 Å². The van der Waals surface area contributed by atoms with E-state index in [1.54, 1.807) is 12.1 Å². The minimum absolute atomic E-state index is 0.0271. The van der Waals surface area contributed by atoms with Crippen LogP contribution in [0, 0.1) is 6.92 Å². The van der Waals surface area contributed by atoms with E-state index in [0.717, 1.165) is 12.0 Å². The van der Waals surface area contributed by atoms with Crippen molar-refractivity contribution >= 4 is 18.0 Å².